The Morgan fingerprint density at radius 2 is 2.12 bits per heavy atom. The highest BCUT2D eigenvalue weighted by Gasteiger charge is 2.19. The summed E-state index contributed by atoms with van der Waals surface area (Å²) in [6, 6.07) is 5.72. The molecular formula is C16H14Cl2N2O4. The van der Waals surface area contributed by atoms with Gasteiger partial charge in [0, 0.05) is 30.3 Å². The number of phenolic OH excluding ortho intramolecular Hbond substituents is 1. The SMILES string of the molecule is O=C(Nc1cc(Cl)c(Cl)cc1O)c1ccnc(OC2CCOC2)c1. The fourth-order valence-electron chi connectivity index (χ4n) is 2.22. The van der Waals surface area contributed by atoms with Crippen molar-refractivity contribution in [2.45, 2.75) is 12.5 Å². The maximum absolute atomic E-state index is 12.3. The molecule has 0 radical (unpaired) electrons. The number of phenols is 1. The molecule has 24 heavy (non-hydrogen) atoms. The Morgan fingerprint density at radius 1 is 1.33 bits per heavy atom. The van der Waals surface area contributed by atoms with E-state index in [1.165, 1.54) is 24.4 Å². The molecule has 1 aromatic carbocycles. The van der Waals surface area contributed by atoms with Gasteiger partial charge >= 0.3 is 0 Å². The Bertz CT molecular complexity index is 764. The molecule has 6 nitrogen and oxygen atoms in total. The average Bonchev–Trinajstić information content (AvgIpc) is 3.06. The number of aromatic nitrogens is 1. The second-order valence-corrected chi connectivity index (χ2v) is 6.04. The number of benzene rings is 1. The summed E-state index contributed by atoms with van der Waals surface area (Å²) in [4.78, 5) is 16.4. The van der Waals surface area contributed by atoms with Gasteiger partial charge in [-0.2, -0.15) is 0 Å². The topological polar surface area (TPSA) is 80.7 Å². The number of nitrogens with one attached hydrogen (secondary N) is 1. The number of carbonyl (C=O) groups excluding carboxylic acids is 1. The molecule has 2 heterocycles. The van der Waals surface area contributed by atoms with Crippen LogP contribution in [0.2, 0.25) is 10.0 Å². The minimum Gasteiger partial charge on any atom is -0.506 e. The lowest BCUT2D eigenvalue weighted by Gasteiger charge is -2.12. The van der Waals surface area contributed by atoms with E-state index >= 15 is 0 Å². The Hall–Kier alpha value is -2.02. The fraction of sp³-hybridized carbons (Fsp3) is 0.250. The Kier molecular flexibility index (Phi) is 5.08. The van der Waals surface area contributed by atoms with Crippen LogP contribution in [-0.2, 0) is 4.74 Å². The molecule has 0 saturated carbocycles. The van der Waals surface area contributed by atoms with Gasteiger partial charge in [0.05, 0.1) is 28.9 Å². The molecule has 2 N–H and O–H groups in total. The number of pyridine rings is 1. The lowest BCUT2D eigenvalue weighted by atomic mass is 10.2. The van der Waals surface area contributed by atoms with Gasteiger partial charge < -0.3 is 19.9 Å². The quantitative estimate of drug-likeness (QED) is 0.807. The normalized spacial score (nSPS) is 16.8. The van der Waals surface area contributed by atoms with E-state index in [9.17, 15) is 9.90 Å². The van der Waals surface area contributed by atoms with Gasteiger partial charge in [0.15, 0.2) is 0 Å². The number of anilines is 1. The average molecular weight is 369 g/mol. The van der Waals surface area contributed by atoms with E-state index in [1.54, 1.807) is 6.07 Å². The molecular weight excluding hydrogens is 355 g/mol. The number of amides is 1. The van der Waals surface area contributed by atoms with Crippen molar-refractivity contribution in [2.24, 2.45) is 0 Å². The molecule has 3 rings (SSSR count). The third kappa shape index (κ3) is 3.90. The van der Waals surface area contributed by atoms with Gasteiger partial charge in [0.1, 0.15) is 11.9 Å². The molecule has 0 spiro atoms. The fourth-order valence-corrected chi connectivity index (χ4v) is 2.54. The van der Waals surface area contributed by atoms with E-state index in [2.05, 4.69) is 10.3 Å². The van der Waals surface area contributed by atoms with Gasteiger partial charge in [-0.3, -0.25) is 4.79 Å². The summed E-state index contributed by atoms with van der Waals surface area (Å²) >= 11 is 11.7. The van der Waals surface area contributed by atoms with Crippen LogP contribution < -0.4 is 10.1 Å². The van der Waals surface area contributed by atoms with Crippen molar-refractivity contribution in [3.05, 3.63) is 46.1 Å². The largest absolute Gasteiger partial charge is 0.506 e. The standard InChI is InChI=1S/C16H14Cl2N2O4/c17-11-6-13(14(21)7-12(11)18)20-16(22)9-1-3-19-15(5-9)24-10-2-4-23-8-10/h1,3,5-7,10,21H,2,4,8H2,(H,20,22). The van der Waals surface area contributed by atoms with Crippen LogP contribution in [0.3, 0.4) is 0 Å². The van der Waals surface area contributed by atoms with Crippen LogP contribution in [0.25, 0.3) is 0 Å². The summed E-state index contributed by atoms with van der Waals surface area (Å²) in [6.07, 6.45) is 2.21. The summed E-state index contributed by atoms with van der Waals surface area (Å²) < 4.78 is 10.9. The summed E-state index contributed by atoms with van der Waals surface area (Å²) in [5, 5.41) is 12.8. The molecule has 1 saturated heterocycles. The molecule has 2 aromatic rings. The maximum atomic E-state index is 12.3. The minimum atomic E-state index is -0.432. The Morgan fingerprint density at radius 3 is 2.88 bits per heavy atom. The van der Waals surface area contributed by atoms with E-state index in [-0.39, 0.29) is 27.6 Å². The Balaban J connectivity index is 1.74. The van der Waals surface area contributed by atoms with Crippen molar-refractivity contribution in [2.75, 3.05) is 18.5 Å². The molecule has 1 atom stereocenters. The van der Waals surface area contributed by atoms with Gasteiger partial charge in [-0.25, -0.2) is 4.98 Å². The zero-order valence-electron chi connectivity index (χ0n) is 12.5. The molecule has 1 aliphatic rings. The monoisotopic (exact) mass is 368 g/mol. The van der Waals surface area contributed by atoms with Gasteiger partial charge in [0.25, 0.3) is 5.91 Å². The van der Waals surface area contributed by atoms with E-state index in [0.717, 1.165) is 6.42 Å². The first kappa shape index (κ1) is 16.8. The summed E-state index contributed by atoms with van der Waals surface area (Å²) in [7, 11) is 0. The van der Waals surface area contributed by atoms with E-state index in [0.29, 0.717) is 24.7 Å². The predicted molar refractivity (Wildman–Crippen MR) is 90.2 cm³/mol. The predicted octanol–water partition coefficient (Wildman–Crippen LogP) is 3.51. The van der Waals surface area contributed by atoms with Gasteiger partial charge in [-0.15, -0.1) is 0 Å². The number of aromatic hydroxyl groups is 1. The minimum absolute atomic E-state index is 0.0603. The number of nitrogens with zero attached hydrogens (tertiary/aromatic N) is 1. The molecule has 0 bridgehead atoms. The molecule has 1 aromatic heterocycles. The van der Waals surface area contributed by atoms with Gasteiger partial charge in [-0.05, 0) is 12.1 Å². The second kappa shape index (κ2) is 7.25. The number of rotatable bonds is 4. The van der Waals surface area contributed by atoms with Crippen LogP contribution in [0.1, 0.15) is 16.8 Å². The smallest absolute Gasteiger partial charge is 0.256 e. The van der Waals surface area contributed by atoms with Gasteiger partial charge in [0.2, 0.25) is 5.88 Å². The van der Waals surface area contributed by atoms with Crippen LogP contribution >= 0.6 is 23.2 Å². The second-order valence-electron chi connectivity index (χ2n) is 5.22. The molecule has 8 heteroatoms. The number of ether oxygens (including phenoxy) is 2. The van der Waals surface area contributed by atoms with Gasteiger partial charge in [-0.1, -0.05) is 23.2 Å². The third-order valence-electron chi connectivity index (χ3n) is 3.46. The van der Waals surface area contributed by atoms with Crippen LogP contribution in [0.15, 0.2) is 30.5 Å². The Labute approximate surface area is 148 Å². The van der Waals surface area contributed by atoms with Crippen molar-refractivity contribution >= 4 is 34.8 Å². The molecule has 1 aliphatic heterocycles. The lowest BCUT2D eigenvalue weighted by molar-refractivity contribution is 0.102. The molecule has 0 aliphatic carbocycles. The number of hydrogen-bond donors (Lipinski definition) is 2. The lowest BCUT2D eigenvalue weighted by Crippen LogP contribution is -2.17. The van der Waals surface area contributed by atoms with Crippen molar-refractivity contribution in [1.82, 2.24) is 4.98 Å². The summed E-state index contributed by atoms with van der Waals surface area (Å²) in [5.74, 6) is -0.262. The summed E-state index contributed by atoms with van der Waals surface area (Å²) in [5.41, 5.74) is 0.502. The van der Waals surface area contributed by atoms with Crippen LogP contribution in [0, 0.1) is 0 Å². The first-order valence-corrected chi connectivity index (χ1v) is 7.98. The van der Waals surface area contributed by atoms with Crippen molar-refractivity contribution in [1.29, 1.82) is 0 Å². The zero-order chi connectivity index (χ0) is 17.1. The summed E-state index contributed by atoms with van der Waals surface area (Å²) in [6.45, 7) is 1.16. The first-order valence-electron chi connectivity index (χ1n) is 7.23. The molecule has 1 amide bonds. The van der Waals surface area contributed by atoms with Crippen molar-refractivity contribution in [3.63, 3.8) is 0 Å². The van der Waals surface area contributed by atoms with E-state index < -0.39 is 5.91 Å². The first-order chi connectivity index (χ1) is 11.5. The number of carbonyl (C=O) groups is 1. The number of hydrogen-bond acceptors (Lipinski definition) is 5. The van der Waals surface area contributed by atoms with Crippen molar-refractivity contribution in [3.8, 4) is 11.6 Å². The van der Waals surface area contributed by atoms with Crippen LogP contribution in [-0.4, -0.2) is 35.3 Å². The van der Waals surface area contributed by atoms with E-state index in [4.69, 9.17) is 32.7 Å². The molecule has 1 fully saturated rings. The highest BCUT2D eigenvalue weighted by molar-refractivity contribution is 6.42. The van der Waals surface area contributed by atoms with Crippen molar-refractivity contribution < 1.29 is 19.4 Å². The molecule has 126 valence electrons. The zero-order valence-corrected chi connectivity index (χ0v) is 14.0. The highest BCUT2D eigenvalue weighted by atomic mass is 35.5. The molecule has 1 unspecified atom stereocenters. The van der Waals surface area contributed by atoms with E-state index in [1.807, 2.05) is 0 Å². The van der Waals surface area contributed by atoms with Crippen LogP contribution in [0.5, 0.6) is 11.6 Å². The third-order valence-corrected chi connectivity index (χ3v) is 4.18. The van der Waals surface area contributed by atoms with Crippen LogP contribution in [0.4, 0.5) is 5.69 Å². The number of halogens is 2. The highest BCUT2D eigenvalue weighted by Crippen LogP contribution is 2.33. The maximum Gasteiger partial charge on any atom is 0.256 e.